The molecule has 3 nitrogen and oxygen atoms in total. The van der Waals surface area contributed by atoms with Gasteiger partial charge < -0.3 is 4.90 Å². The van der Waals surface area contributed by atoms with Gasteiger partial charge in [0.2, 0.25) is 5.91 Å². The van der Waals surface area contributed by atoms with Crippen molar-refractivity contribution in [1.82, 2.24) is 9.88 Å². The fourth-order valence-corrected chi connectivity index (χ4v) is 4.43. The number of carbonyl (C=O) groups excluding carboxylic acids is 1. The van der Waals surface area contributed by atoms with E-state index >= 15 is 0 Å². The highest BCUT2D eigenvalue weighted by Gasteiger charge is 2.28. The van der Waals surface area contributed by atoms with Gasteiger partial charge in [-0.05, 0) is 25.2 Å². The number of nitrogens with zero attached hydrogens (tertiary/aromatic N) is 2. The highest BCUT2D eigenvalue weighted by Crippen LogP contribution is 2.28. The molecule has 0 bridgehead atoms. The van der Waals surface area contributed by atoms with Gasteiger partial charge in [0, 0.05) is 24.7 Å². The van der Waals surface area contributed by atoms with E-state index in [1.807, 2.05) is 17.2 Å². The lowest BCUT2D eigenvalue weighted by molar-refractivity contribution is -0.132. The van der Waals surface area contributed by atoms with Crippen LogP contribution in [-0.4, -0.2) is 34.1 Å². The number of thioether (sulfide) groups is 1. The molecule has 1 saturated heterocycles. The van der Waals surface area contributed by atoms with E-state index in [1.54, 1.807) is 29.3 Å². The molecule has 5 heteroatoms. The van der Waals surface area contributed by atoms with Gasteiger partial charge in [-0.25, -0.2) is 4.98 Å². The standard InChI is InChI=1S/C13H20N2OS2/c1-9-6-10(2)8-15(7-9)12(16)11(3)18-13-14-4-5-17-13/h4-5,9-11H,6-8H2,1-3H3. The zero-order valence-electron chi connectivity index (χ0n) is 11.1. The van der Waals surface area contributed by atoms with E-state index in [-0.39, 0.29) is 11.2 Å². The molecule has 0 spiro atoms. The minimum absolute atomic E-state index is 0.0337. The molecule has 2 heterocycles. The molecule has 1 aliphatic heterocycles. The van der Waals surface area contributed by atoms with Crippen LogP contribution in [0.15, 0.2) is 15.9 Å². The van der Waals surface area contributed by atoms with Gasteiger partial charge in [0.05, 0.1) is 5.25 Å². The largest absolute Gasteiger partial charge is 0.341 e. The summed E-state index contributed by atoms with van der Waals surface area (Å²) < 4.78 is 0.981. The summed E-state index contributed by atoms with van der Waals surface area (Å²) in [5.74, 6) is 1.50. The maximum Gasteiger partial charge on any atom is 0.235 e. The van der Waals surface area contributed by atoms with Crippen LogP contribution in [0.4, 0.5) is 0 Å². The molecule has 0 saturated carbocycles. The van der Waals surface area contributed by atoms with Crippen LogP contribution in [0.2, 0.25) is 0 Å². The molecule has 0 aliphatic carbocycles. The fourth-order valence-electron chi connectivity index (χ4n) is 2.57. The predicted octanol–water partition coefficient (Wildman–Crippen LogP) is 3.13. The summed E-state index contributed by atoms with van der Waals surface area (Å²) in [7, 11) is 0. The number of piperidine rings is 1. The Balaban J connectivity index is 1.93. The van der Waals surface area contributed by atoms with Gasteiger partial charge in [0.15, 0.2) is 4.34 Å². The average Bonchev–Trinajstić information content (AvgIpc) is 2.79. The number of amides is 1. The van der Waals surface area contributed by atoms with Crippen molar-refractivity contribution in [3.8, 4) is 0 Å². The summed E-state index contributed by atoms with van der Waals surface area (Å²) in [6, 6.07) is 0. The topological polar surface area (TPSA) is 33.2 Å². The highest BCUT2D eigenvalue weighted by atomic mass is 32.2. The molecular weight excluding hydrogens is 264 g/mol. The Morgan fingerprint density at radius 2 is 2.17 bits per heavy atom. The van der Waals surface area contributed by atoms with Crippen LogP contribution in [0, 0.1) is 11.8 Å². The minimum atomic E-state index is -0.0337. The van der Waals surface area contributed by atoms with E-state index in [1.165, 1.54) is 6.42 Å². The average molecular weight is 284 g/mol. The van der Waals surface area contributed by atoms with Crippen molar-refractivity contribution in [2.24, 2.45) is 11.8 Å². The van der Waals surface area contributed by atoms with Crippen LogP contribution in [0.25, 0.3) is 0 Å². The number of carbonyl (C=O) groups is 1. The molecule has 0 N–H and O–H groups in total. The first-order valence-corrected chi connectivity index (χ1v) is 8.17. The van der Waals surface area contributed by atoms with Crippen molar-refractivity contribution < 1.29 is 4.79 Å². The molecule has 1 aromatic heterocycles. The van der Waals surface area contributed by atoms with E-state index in [0.717, 1.165) is 17.4 Å². The van der Waals surface area contributed by atoms with Crippen molar-refractivity contribution in [3.05, 3.63) is 11.6 Å². The SMILES string of the molecule is CC1CC(C)CN(C(=O)C(C)Sc2nccs2)C1. The lowest BCUT2D eigenvalue weighted by atomic mass is 9.92. The second kappa shape index (κ2) is 6.06. The Kier molecular flexibility index (Phi) is 4.67. The van der Waals surface area contributed by atoms with Gasteiger partial charge in [0.25, 0.3) is 0 Å². The molecule has 1 aromatic rings. The van der Waals surface area contributed by atoms with Crippen LogP contribution >= 0.6 is 23.1 Å². The van der Waals surface area contributed by atoms with Crippen molar-refractivity contribution in [2.75, 3.05) is 13.1 Å². The molecule has 0 radical (unpaired) electrons. The van der Waals surface area contributed by atoms with Gasteiger partial charge in [-0.15, -0.1) is 11.3 Å². The quantitative estimate of drug-likeness (QED) is 0.800. The summed E-state index contributed by atoms with van der Waals surface area (Å²) in [6.45, 7) is 8.26. The maximum absolute atomic E-state index is 12.4. The van der Waals surface area contributed by atoms with Gasteiger partial charge in [0.1, 0.15) is 0 Å². The molecule has 3 unspecified atom stereocenters. The van der Waals surface area contributed by atoms with Crippen molar-refractivity contribution >= 4 is 29.0 Å². The van der Waals surface area contributed by atoms with Crippen LogP contribution < -0.4 is 0 Å². The minimum Gasteiger partial charge on any atom is -0.341 e. The first kappa shape index (κ1) is 13.9. The van der Waals surface area contributed by atoms with Gasteiger partial charge in [-0.1, -0.05) is 25.6 Å². The molecule has 2 rings (SSSR count). The van der Waals surface area contributed by atoms with E-state index in [0.29, 0.717) is 11.8 Å². The molecule has 1 fully saturated rings. The lowest BCUT2D eigenvalue weighted by Crippen LogP contribution is -2.45. The Morgan fingerprint density at radius 3 is 2.72 bits per heavy atom. The summed E-state index contributed by atoms with van der Waals surface area (Å²) in [4.78, 5) is 18.7. The number of hydrogen-bond acceptors (Lipinski definition) is 4. The zero-order chi connectivity index (χ0) is 13.1. The van der Waals surface area contributed by atoms with Crippen LogP contribution in [0.5, 0.6) is 0 Å². The van der Waals surface area contributed by atoms with Crippen LogP contribution in [0.3, 0.4) is 0 Å². The first-order valence-electron chi connectivity index (χ1n) is 6.41. The molecule has 1 aliphatic rings. The third-order valence-electron chi connectivity index (χ3n) is 3.22. The number of likely N-dealkylation sites (tertiary alicyclic amines) is 1. The van der Waals surface area contributed by atoms with E-state index < -0.39 is 0 Å². The molecule has 0 aromatic carbocycles. The molecule has 18 heavy (non-hydrogen) atoms. The summed E-state index contributed by atoms with van der Waals surface area (Å²) >= 11 is 3.17. The lowest BCUT2D eigenvalue weighted by Gasteiger charge is -2.36. The Labute approximate surface area is 117 Å². The van der Waals surface area contributed by atoms with Crippen molar-refractivity contribution in [1.29, 1.82) is 0 Å². The fraction of sp³-hybridized carbons (Fsp3) is 0.692. The number of rotatable bonds is 3. The Hall–Kier alpha value is -0.550. The monoisotopic (exact) mass is 284 g/mol. The normalized spacial score (nSPS) is 26.1. The van der Waals surface area contributed by atoms with Crippen LogP contribution in [-0.2, 0) is 4.79 Å². The second-order valence-corrected chi connectivity index (χ2v) is 7.73. The Bertz CT molecular complexity index is 384. The zero-order valence-corrected chi connectivity index (χ0v) is 12.8. The number of aromatic nitrogens is 1. The first-order chi connectivity index (χ1) is 8.56. The van der Waals surface area contributed by atoms with Crippen molar-refractivity contribution in [2.45, 2.75) is 36.8 Å². The van der Waals surface area contributed by atoms with Gasteiger partial charge >= 0.3 is 0 Å². The highest BCUT2D eigenvalue weighted by molar-refractivity contribution is 8.02. The van der Waals surface area contributed by atoms with Crippen LogP contribution in [0.1, 0.15) is 27.2 Å². The smallest absolute Gasteiger partial charge is 0.235 e. The molecule has 100 valence electrons. The Morgan fingerprint density at radius 1 is 1.50 bits per heavy atom. The third kappa shape index (κ3) is 3.48. The predicted molar refractivity (Wildman–Crippen MR) is 77.0 cm³/mol. The van der Waals surface area contributed by atoms with Gasteiger partial charge in [-0.3, -0.25) is 4.79 Å². The summed E-state index contributed by atoms with van der Waals surface area (Å²) in [5, 5.41) is 1.92. The van der Waals surface area contributed by atoms with Crippen molar-refractivity contribution in [3.63, 3.8) is 0 Å². The molecule has 3 atom stereocenters. The summed E-state index contributed by atoms with van der Waals surface area (Å²) in [6.07, 6.45) is 3.02. The third-order valence-corrected chi connectivity index (χ3v) is 5.22. The summed E-state index contributed by atoms with van der Waals surface area (Å²) in [5.41, 5.74) is 0. The number of hydrogen-bond donors (Lipinski definition) is 0. The molecule has 1 amide bonds. The number of thiazole rings is 1. The van der Waals surface area contributed by atoms with E-state index in [2.05, 4.69) is 18.8 Å². The van der Waals surface area contributed by atoms with E-state index in [4.69, 9.17) is 0 Å². The second-order valence-electron chi connectivity index (χ2n) is 5.25. The van der Waals surface area contributed by atoms with E-state index in [9.17, 15) is 4.79 Å². The van der Waals surface area contributed by atoms with Gasteiger partial charge in [-0.2, -0.15) is 0 Å². The molecular formula is C13H20N2OS2. The maximum atomic E-state index is 12.4.